The largest absolute Gasteiger partial charge is 0.494 e. The van der Waals surface area contributed by atoms with Crippen LogP contribution in [0.25, 0.3) is 22.1 Å². The number of aryl methyl sites for hydroxylation is 4. The number of likely N-dealkylation sites (tertiary alicyclic amines) is 1. The number of aromatic nitrogens is 6. The Bertz CT molecular complexity index is 3710. The van der Waals surface area contributed by atoms with E-state index in [1.807, 2.05) is 6.92 Å². The van der Waals surface area contributed by atoms with E-state index in [-0.39, 0.29) is 114 Å². The van der Waals surface area contributed by atoms with Gasteiger partial charge in [0.15, 0.2) is 11.8 Å². The summed E-state index contributed by atoms with van der Waals surface area (Å²) in [7, 11) is 1.39. The van der Waals surface area contributed by atoms with E-state index in [1.165, 1.54) is 38.3 Å². The lowest BCUT2D eigenvalue weighted by molar-refractivity contribution is -0.147. The van der Waals surface area contributed by atoms with Crippen LogP contribution in [0.3, 0.4) is 0 Å². The van der Waals surface area contributed by atoms with Crippen LogP contribution in [0.1, 0.15) is 111 Å². The Morgan fingerprint density at radius 1 is 0.779 bits per heavy atom. The van der Waals surface area contributed by atoms with E-state index in [0.29, 0.717) is 34.6 Å². The van der Waals surface area contributed by atoms with Gasteiger partial charge in [-0.3, -0.25) is 63.5 Å². The molecule has 6 aromatic rings. The summed E-state index contributed by atoms with van der Waals surface area (Å²) in [6.45, 7) is 6.24. The predicted molar refractivity (Wildman–Crippen MR) is 304 cm³/mol. The van der Waals surface area contributed by atoms with Crippen molar-refractivity contribution in [2.45, 2.75) is 104 Å². The third-order valence-electron chi connectivity index (χ3n) is 13.1. The number of carbonyl (C=O) groups is 11. The zero-order valence-electron chi connectivity index (χ0n) is 47.4. The number of hydrogen-bond acceptors (Lipinski definition) is 21. The lowest BCUT2D eigenvalue weighted by Crippen LogP contribution is -2.52. The second-order valence-electron chi connectivity index (χ2n) is 19.3. The molecule has 0 saturated carbocycles. The summed E-state index contributed by atoms with van der Waals surface area (Å²) in [6.07, 6.45) is 3.01. The van der Waals surface area contributed by atoms with E-state index in [1.54, 1.807) is 42.1 Å². The van der Waals surface area contributed by atoms with Crippen molar-refractivity contribution in [3.63, 3.8) is 0 Å². The third-order valence-corrected chi connectivity index (χ3v) is 13.5. The number of oxazole rings is 2. The van der Waals surface area contributed by atoms with E-state index in [2.05, 4.69) is 59.1 Å². The Hall–Kier alpha value is -10.1. The smallest absolute Gasteiger partial charge is 0.328 e. The summed E-state index contributed by atoms with van der Waals surface area (Å²) < 4.78 is 31.7. The number of aliphatic carboxylic acids is 1. The second kappa shape index (κ2) is 28.0. The van der Waals surface area contributed by atoms with Crippen LogP contribution in [0.2, 0.25) is 0 Å². The number of benzene rings is 2. The highest BCUT2D eigenvalue weighted by Gasteiger charge is 2.38. The minimum Gasteiger partial charge on any atom is -0.494 e. The molecule has 1 saturated heterocycles. The molecular weight excluding hydrogens is 1150 g/mol. The fourth-order valence-electron chi connectivity index (χ4n) is 8.94. The first-order chi connectivity index (χ1) is 40.9. The summed E-state index contributed by atoms with van der Waals surface area (Å²) in [5.41, 5.74) is 13.3. The molecular formula is C54H62N14O17S. The average molecular weight is 1210 g/mol. The van der Waals surface area contributed by atoms with Gasteiger partial charge in [0.1, 0.15) is 41.2 Å². The standard InChI is InChI=1S/C54H62N14O17S/c1-7-30-44(84-26(4)59-30)49(77)64-53-62-33-18-28(46(55)74)20-35(81-6)42(33)66(53)14-9-10-15-67-43-34(63-54(67)65-50(78)45-31(8-2)60-27(5)85-45)19-29(47(56)75)21-36(43)82-16-11-17-83-52(80)25(3)58-38(69)23-57-48(76)32(12-13-41(72)73)61-39(70)24-68-40(71)22-37(86)51(68)79/h9-10,18-21,25,32,37,86H,7-8,11-17,22-24H2,1-6H3,(H2,55,74)(H2,56,75)(H,57,76)(H,58,69)(H,61,70)(H,72,73)(H,62,64,77)(H,63,65,78)/b10-9+/t25-,32+,37?/m1/s1. The third kappa shape index (κ3) is 15.2. The van der Waals surface area contributed by atoms with Crippen LogP contribution in [0, 0.1) is 13.8 Å². The number of methoxy groups -OCH3 is 1. The Morgan fingerprint density at radius 2 is 1.31 bits per heavy atom. The van der Waals surface area contributed by atoms with Gasteiger partial charge in [0.05, 0.1) is 54.5 Å². The van der Waals surface area contributed by atoms with Crippen LogP contribution in [0.5, 0.6) is 11.5 Å². The average Bonchev–Trinajstić information content (AvgIpc) is 1.79. The van der Waals surface area contributed by atoms with Gasteiger partial charge in [0.25, 0.3) is 11.8 Å². The van der Waals surface area contributed by atoms with E-state index in [0.717, 1.165) is 0 Å². The molecule has 32 heteroatoms. The number of hydrogen-bond donors (Lipinski definition) is 9. The Morgan fingerprint density at radius 3 is 1.80 bits per heavy atom. The maximum absolute atomic E-state index is 13.9. The number of ether oxygens (including phenoxy) is 3. The molecule has 2 aromatic carbocycles. The lowest BCUT2D eigenvalue weighted by Gasteiger charge is -2.20. The van der Waals surface area contributed by atoms with Crippen molar-refractivity contribution in [3.8, 4) is 11.5 Å². The number of carboxylic acids is 1. The molecule has 4 aromatic heterocycles. The van der Waals surface area contributed by atoms with Gasteiger partial charge in [-0.25, -0.2) is 24.7 Å². The normalized spacial score (nSPS) is 13.8. The number of thiol groups is 1. The Kier molecular flexibility index (Phi) is 20.6. The quantitative estimate of drug-likeness (QED) is 0.0105. The minimum absolute atomic E-state index is 0.0122. The monoisotopic (exact) mass is 1210 g/mol. The Labute approximate surface area is 493 Å². The molecule has 10 N–H and O–H groups in total. The number of fused-ring (bicyclic) bond motifs is 2. The van der Waals surface area contributed by atoms with Gasteiger partial charge in [-0.2, -0.15) is 12.6 Å². The van der Waals surface area contributed by atoms with E-state index in [4.69, 9.17) is 34.5 Å². The molecule has 5 heterocycles. The van der Waals surface area contributed by atoms with Crippen LogP contribution < -0.4 is 47.5 Å². The number of nitrogens with one attached hydrogen (secondary N) is 5. The number of allylic oxidation sites excluding steroid dienone is 2. The summed E-state index contributed by atoms with van der Waals surface area (Å²) in [6, 6.07) is 2.92. The number of primary amides is 2. The highest BCUT2D eigenvalue weighted by molar-refractivity contribution is 7.81. The number of nitrogens with zero attached hydrogens (tertiary/aromatic N) is 7. The number of carboxylic acid groups (broad SMARTS) is 1. The molecule has 9 amide bonds. The fraction of sp³-hybridized carbons (Fsp3) is 0.389. The van der Waals surface area contributed by atoms with Crippen LogP contribution in [0.4, 0.5) is 11.9 Å². The van der Waals surface area contributed by atoms with Gasteiger partial charge >= 0.3 is 11.9 Å². The fourth-order valence-corrected chi connectivity index (χ4v) is 9.24. The molecule has 3 atom stereocenters. The first kappa shape index (κ1) is 63.4. The number of carbonyl (C=O) groups excluding carboxylic acids is 10. The topological polar surface area (TPSA) is 439 Å². The number of esters is 1. The van der Waals surface area contributed by atoms with Gasteiger partial charge in [-0.05, 0) is 50.5 Å². The van der Waals surface area contributed by atoms with Crippen LogP contribution in [-0.4, -0.2) is 155 Å². The number of rotatable bonds is 29. The molecule has 1 fully saturated rings. The van der Waals surface area contributed by atoms with Crippen LogP contribution in [0.15, 0.2) is 45.3 Å². The summed E-state index contributed by atoms with van der Waals surface area (Å²) in [4.78, 5) is 158. The van der Waals surface area contributed by atoms with Crippen LogP contribution in [-0.2, 0) is 64.2 Å². The van der Waals surface area contributed by atoms with Crippen molar-refractivity contribution < 1.29 is 80.9 Å². The highest BCUT2D eigenvalue weighted by atomic mass is 32.1. The van der Waals surface area contributed by atoms with Crippen LogP contribution >= 0.6 is 12.6 Å². The lowest BCUT2D eigenvalue weighted by atomic mass is 10.1. The predicted octanol–water partition coefficient (Wildman–Crippen LogP) is 1.41. The zero-order chi connectivity index (χ0) is 62.7. The maximum atomic E-state index is 13.9. The first-order valence-corrected chi connectivity index (χ1v) is 27.3. The van der Waals surface area contributed by atoms with Crippen molar-refractivity contribution in [3.05, 3.63) is 82.2 Å². The molecule has 0 spiro atoms. The van der Waals surface area contributed by atoms with E-state index < -0.39 is 108 Å². The molecule has 86 heavy (non-hydrogen) atoms. The first-order valence-electron chi connectivity index (χ1n) is 26.7. The van der Waals surface area contributed by atoms with Gasteiger partial charge < -0.3 is 64.7 Å². The van der Waals surface area contributed by atoms with Gasteiger partial charge in [0.2, 0.25) is 64.8 Å². The molecule has 1 aliphatic rings. The van der Waals surface area contributed by atoms with E-state index in [9.17, 15) is 57.8 Å². The molecule has 0 radical (unpaired) electrons. The summed E-state index contributed by atoms with van der Waals surface area (Å²) >= 11 is 4.00. The van der Waals surface area contributed by atoms with Crippen molar-refractivity contribution in [2.75, 3.05) is 44.0 Å². The molecule has 0 bridgehead atoms. The van der Waals surface area contributed by atoms with Crippen molar-refractivity contribution in [1.29, 1.82) is 0 Å². The molecule has 31 nitrogen and oxygen atoms in total. The zero-order valence-corrected chi connectivity index (χ0v) is 48.3. The SMILES string of the molecule is CCc1nc(C)oc1C(=O)Nc1nc2cc(C(N)=O)cc(OC)c2n1C/C=C/Cn1c(NC(=O)c2oc(C)nc2CC)nc2cc(C(N)=O)cc(OCCCOC(=O)[C@@H](C)NC(=O)CNC(=O)[C@H](CCC(=O)O)NC(=O)CN3C(=O)CC(S)C3=O)c21. The molecule has 1 aliphatic heterocycles. The van der Waals surface area contributed by atoms with Crippen molar-refractivity contribution in [1.82, 2.24) is 49.9 Å². The minimum atomic E-state index is -1.48. The van der Waals surface area contributed by atoms with Gasteiger partial charge in [-0.1, -0.05) is 26.0 Å². The van der Waals surface area contributed by atoms with E-state index >= 15 is 0 Å². The highest BCUT2D eigenvalue weighted by Crippen LogP contribution is 2.34. The number of imidazole rings is 2. The van der Waals surface area contributed by atoms with Gasteiger partial charge in [-0.15, -0.1) is 0 Å². The Balaban J connectivity index is 1.06. The number of nitrogens with two attached hydrogens (primary N) is 2. The molecule has 1 unspecified atom stereocenters. The molecule has 0 aliphatic carbocycles. The molecule has 456 valence electrons. The van der Waals surface area contributed by atoms with Gasteiger partial charge in [0, 0.05) is 57.3 Å². The number of amides is 9. The van der Waals surface area contributed by atoms with Crippen molar-refractivity contribution >= 4 is 112 Å². The second-order valence-corrected chi connectivity index (χ2v) is 19.9. The maximum Gasteiger partial charge on any atom is 0.328 e. The summed E-state index contributed by atoms with van der Waals surface area (Å²) in [5, 5.41) is 20.7. The van der Waals surface area contributed by atoms with Crippen molar-refractivity contribution in [2.24, 2.45) is 11.5 Å². The number of anilines is 2. The summed E-state index contributed by atoms with van der Waals surface area (Å²) in [5.74, 6) is -8.50. The number of imide groups is 1. The molecule has 7 rings (SSSR count).